The summed E-state index contributed by atoms with van der Waals surface area (Å²) in [5.41, 5.74) is 0. The number of halogens is 2. The Morgan fingerprint density at radius 3 is 1.88 bits per heavy atom. The zero-order valence-electron chi connectivity index (χ0n) is 13.9. The van der Waals surface area contributed by atoms with Crippen LogP contribution < -0.4 is 0 Å². The summed E-state index contributed by atoms with van der Waals surface area (Å²) < 4.78 is 28.0. The lowest BCUT2D eigenvalue weighted by molar-refractivity contribution is -0.142. The number of amides is 2. The van der Waals surface area contributed by atoms with E-state index in [0.717, 1.165) is 0 Å². The summed E-state index contributed by atoms with van der Waals surface area (Å²) in [6.07, 6.45) is 2.85. The van der Waals surface area contributed by atoms with Gasteiger partial charge < -0.3 is 0 Å². The molecule has 3 saturated heterocycles. The van der Waals surface area contributed by atoms with Crippen LogP contribution >= 0.6 is 23.2 Å². The lowest BCUT2D eigenvalue weighted by Crippen LogP contribution is -2.53. The lowest BCUT2D eigenvalue weighted by atomic mass is 9.98. The summed E-state index contributed by atoms with van der Waals surface area (Å²) in [5, 5.41) is 0.202. The normalized spacial score (nSPS) is 29.6. The number of hydrogen-bond donors (Lipinski definition) is 0. The van der Waals surface area contributed by atoms with Crippen molar-refractivity contribution in [2.24, 2.45) is 0 Å². The van der Waals surface area contributed by atoms with Gasteiger partial charge in [-0.3, -0.25) is 14.5 Å². The molecule has 3 fully saturated rings. The first-order valence-corrected chi connectivity index (χ1v) is 10.8. The predicted octanol–water partition coefficient (Wildman–Crippen LogP) is 2.83. The van der Waals surface area contributed by atoms with Crippen molar-refractivity contribution in [3.63, 3.8) is 0 Å². The quantitative estimate of drug-likeness (QED) is 0.709. The highest BCUT2D eigenvalue weighted by Crippen LogP contribution is 2.44. The van der Waals surface area contributed by atoms with Gasteiger partial charge >= 0.3 is 0 Å². The minimum Gasteiger partial charge on any atom is -0.279 e. The molecule has 2 atom stereocenters. The Bertz CT molecular complexity index is 838. The van der Waals surface area contributed by atoms with E-state index >= 15 is 0 Å². The Balaban J connectivity index is 1.65. The Kier molecular flexibility index (Phi) is 4.54. The van der Waals surface area contributed by atoms with Gasteiger partial charge in [-0.2, -0.15) is 4.31 Å². The van der Waals surface area contributed by atoms with E-state index in [4.69, 9.17) is 23.2 Å². The number of rotatable bonds is 3. The summed E-state index contributed by atoms with van der Waals surface area (Å²) in [7, 11) is -3.85. The first kappa shape index (κ1) is 18.2. The van der Waals surface area contributed by atoms with E-state index in [1.807, 2.05) is 0 Å². The second kappa shape index (κ2) is 6.48. The van der Waals surface area contributed by atoms with Crippen LogP contribution in [0.5, 0.6) is 0 Å². The molecule has 2 bridgehead atoms. The Labute approximate surface area is 162 Å². The molecule has 3 aliphatic rings. The van der Waals surface area contributed by atoms with E-state index in [-0.39, 0.29) is 57.7 Å². The van der Waals surface area contributed by atoms with Crippen LogP contribution in [-0.4, -0.2) is 47.6 Å². The van der Waals surface area contributed by atoms with Gasteiger partial charge in [0, 0.05) is 31.0 Å². The molecule has 0 radical (unpaired) electrons. The maximum atomic E-state index is 13.3. The number of carbonyl (C=O) groups is 2. The van der Waals surface area contributed by atoms with E-state index in [0.29, 0.717) is 25.7 Å². The molecule has 2 unspecified atom stereocenters. The van der Waals surface area contributed by atoms with Gasteiger partial charge in [0.05, 0.1) is 10.0 Å². The Morgan fingerprint density at radius 2 is 1.38 bits per heavy atom. The largest absolute Gasteiger partial charge is 0.279 e. The van der Waals surface area contributed by atoms with Crippen LogP contribution in [-0.2, 0) is 19.6 Å². The highest BCUT2D eigenvalue weighted by atomic mass is 35.5. The van der Waals surface area contributed by atoms with Gasteiger partial charge in [0.1, 0.15) is 4.90 Å². The van der Waals surface area contributed by atoms with Gasteiger partial charge in [0.15, 0.2) is 0 Å². The van der Waals surface area contributed by atoms with E-state index in [1.165, 1.54) is 21.3 Å². The van der Waals surface area contributed by atoms with Crippen molar-refractivity contribution < 1.29 is 18.0 Å². The number of likely N-dealkylation sites (tertiary alicyclic amines) is 1. The second-order valence-electron chi connectivity index (χ2n) is 7.05. The lowest BCUT2D eigenvalue weighted by Gasteiger charge is -2.40. The highest BCUT2D eigenvalue weighted by Gasteiger charge is 2.51. The molecule has 4 rings (SSSR count). The van der Waals surface area contributed by atoms with Gasteiger partial charge in [0.25, 0.3) is 0 Å². The zero-order valence-corrected chi connectivity index (χ0v) is 16.2. The first-order valence-electron chi connectivity index (χ1n) is 8.63. The minimum atomic E-state index is -3.85. The molecule has 1 aromatic rings. The molecular weight excluding hydrogens is 399 g/mol. The summed E-state index contributed by atoms with van der Waals surface area (Å²) in [4.78, 5) is 25.4. The fraction of sp³-hybridized carbons (Fsp3) is 0.529. The van der Waals surface area contributed by atoms with E-state index < -0.39 is 10.0 Å². The topological polar surface area (TPSA) is 74.8 Å². The van der Waals surface area contributed by atoms with Gasteiger partial charge in [-0.05, 0) is 37.8 Å². The van der Waals surface area contributed by atoms with Crippen molar-refractivity contribution in [1.29, 1.82) is 0 Å². The molecule has 1 aromatic carbocycles. The van der Waals surface area contributed by atoms with Gasteiger partial charge in [-0.15, -0.1) is 0 Å². The first-order chi connectivity index (χ1) is 12.3. The van der Waals surface area contributed by atoms with Crippen molar-refractivity contribution >= 4 is 45.0 Å². The summed E-state index contributed by atoms with van der Waals surface area (Å²) in [5.74, 6) is -0.297. The van der Waals surface area contributed by atoms with E-state index in [9.17, 15) is 18.0 Å². The number of sulfonamides is 1. The average molecular weight is 417 g/mol. The molecule has 3 heterocycles. The third kappa shape index (κ3) is 2.76. The number of benzene rings is 1. The maximum Gasteiger partial charge on any atom is 0.246 e. The van der Waals surface area contributed by atoms with Gasteiger partial charge in [-0.25, -0.2) is 8.42 Å². The third-order valence-electron chi connectivity index (χ3n) is 5.55. The summed E-state index contributed by atoms with van der Waals surface area (Å²) in [6.45, 7) is 0. The van der Waals surface area contributed by atoms with Crippen LogP contribution in [0.15, 0.2) is 23.1 Å². The number of nitrogens with zero attached hydrogens (tertiary/aromatic N) is 2. The molecule has 0 N–H and O–H groups in total. The van der Waals surface area contributed by atoms with Crippen LogP contribution in [0.4, 0.5) is 0 Å². The van der Waals surface area contributed by atoms with E-state index in [1.54, 1.807) is 6.07 Å². The van der Waals surface area contributed by atoms with Crippen molar-refractivity contribution in [2.45, 2.75) is 61.5 Å². The molecule has 0 aliphatic carbocycles. The Morgan fingerprint density at radius 1 is 0.885 bits per heavy atom. The SMILES string of the molecule is O=C1CCC(=O)N1C1CC2CCC(C1)N2S(=O)(=O)c1c(Cl)cccc1Cl. The fourth-order valence-corrected chi connectivity index (χ4v) is 7.53. The maximum absolute atomic E-state index is 13.3. The van der Waals surface area contributed by atoms with Crippen LogP contribution in [0, 0.1) is 0 Å². The zero-order chi connectivity index (χ0) is 18.6. The molecule has 26 heavy (non-hydrogen) atoms. The van der Waals surface area contributed by atoms with Crippen molar-refractivity contribution in [3.05, 3.63) is 28.2 Å². The minimum absolute atomic E-state index is 0.0630. The van der Waals surface area contributed by atoms with Gasteiger partial charge in [0.2, 0.25) is 21.8 Å². The van der Waals surface area contributed by atoms with E-state index in [2.05, 4.69) is 0 Å². The molecule has 0 saturated carbocycles. The smallest absolute Gasteiger partial charge is 0.246 e. The number of imide groups is 1. The molecule has 9 heteroatoms. The molecule has 6 nitrogen and oxygen atoms in total. The number of fused-ring (bicyclic) bond motifs is 2. The van der Waals surface area contributed by atoms with Crippen molar-refractivity contribution in [2.75, 3.05) is 0 Å². The van der Waals surface area contributed by atoms with Crippen LogP contribution in [0.1, 0.15) is 38.5 Å². The number of piperidine rings is 1. The van der Waals surface area contributed by atoms with Gasteiger partial charge in [-0.1, -0.05) is 29.3 Å². The average Bonchev–Trinajstić information content (AvgIpc) is 3.04. The fourth-order valence-electron chi connectivity index (χ4n) is 4.54. The van der Waals surface area contributed by atoms with Crippen molar-refractivity contribution in [1.82, 2.24) is 9.21 Å². The molecule has 140 valence electrons. The Hall–Kier alpha value is -1.15. The number of hydrogen-bond acceptors (Lipinski definition) is 4. The standard InChI is InChI=1S/C17H18Cl2N2O4S/c18-13-2-1-3-14(19)17(13)26(24,25)21-10-4-5-11(21)9-12(8-10)20-15(22)6-7-16(20)23/h1-3,10-12H,4-9H2. The molecular formula is C17H18Cl2N2O4S. The summed E-state index contributed by atoms with van der Waals surface area (Å²) in [6, 6.07) is 3.90. The molecule has 3 aliphatic heterocycles. The number of carbonyl (C=O) groups excluding carboxylic acids is 2. The molecule has 2 amide bonds. The summed E-state index contributed by atoms with van der Waals surface area (Å²) >= 11 is 12.3. The van der Waals surface area contributed by atoms with Crippen LogP contribution in [0.25, 0.3) is 0 Å². The monoisotopic (exact) mass is 416 g/mol. The molecule has 0 spiro atoms. The molecule has 0 aromatic heterocycles. The van der Waals surface area contributed by atoms with Crippen LogP contribution in [0.2, 0.25) is 10.0 Å². The highest BCUT2D eigenvalue weighted by molar-refractivity contribution is 7.89. The van der Waals surface area contributed by atoms with Crippen molar-refractivity contribution in [3.8, 4) is 0 Å². The predicted molar refractivity (Wildman–Crippen MR) is 96.4 cm³/mol. The second-order valence-corrected chi connectivity index (χ2v) is 9.65. The van der Waals surface area contributed by atoms with Crippen LogP contribution in [0.3, 0.4) is 0 Å². The third-order valence-corrected chi connectivity index (χ3v) is 8.51.